The van der Waals surface area contributed by atoms with Crippen molar-refractivity contribution in [3.8, 4) is 0 Å². The van der Waals surface area contributed by atoms with Crippen LogP contribution in [-0.4, -0.2) is 43.8 Å². The van der Waals surface area contributed by atoms with Gasteiger partial charge in [0.15, 0.2) is 0 Å². The minimum Gasteiger partial charge on any atom is -0.463 e. The molecule has 2 aliphatic rings. The third-order valence-electron chi connectivity index (χ3n) is 1.70. The first-order valence-corrected chi connectivity index (χ1v) is 3.60. The van der Waals surface area contributed by atoms with E-state index in [1.807, 2.05) is 0 Å². The highest BCUT2D eigenvalue weighted by molar-refractivity contribution is 5.75. The van der Waals surface area contributed by atoms with E-state index >= 15 is 0 Å². The van der Waals surface area contributed by atoms with Gasteiger partial charge >= 0.3 is 0 Å². The van der Waals surface area contributed by atoms with Crippen molar-refractivity contribution in [3.63, 3.8) is 0 Å². The topological polar surface area (TPSA) is 36.9 Å². The molecule has 0 bridgehead atoms. The second kappa shape index (κ2) is 2.46. The molecule has 0 atom stereocenters. The number of ether oxygens (including phenoxy) is 1. The van der Waals surface area contributed by atoms with Gasteiger partial charge in [-0.3, -0.25) is 5.32 Å². The van der Waals surface area contributed by atoms with Crippen LogP contribution in [0.3, 0.4) is 0 Å². The van der Waals surface area contributed by atoms with Crippen molar-refractivity contribution in [2.75, 3.05) is 32.9 Å². The third-order valence-corrected chi connectivity index (χ3v) is 1.70. The Kier molecular flexibility index (Phi) is 1.47. The fourth-order valence-corrected chi connectivity index (χ4v) is 1.19. The molecule has 56 valence electrons. The molecule has 1 saturated heterocycles. The molecule has 4 heteroatoms. The molecule has 0 aliphatic carbocycles. The van der Waals surface area contributed by atoms with Gasteiger partial charge in [-0.15, -0.1) is 0 Å². The molecule has 0 radical (unpaired) electrons. The zero-order valence-electron chi connectivity index (χ0n) is 5.84. The maximum Gasteiger partial charge on any atom is 0.288 e. The monoisotopic (exact) mass is 141 g/mol. The Morgan fingerprint density at radius 2 is 2.60 bits per heavy atom. The zero-order chi connectivity index (χ0) is 6.81. The lowest BCUT2D eigenvalue weighted by Gasteiger charge is -2.13. The molecule has 0 unspecified atom stereocenters. The normalized spacial score (nSPS) is 24.8. The summed E-state index contributed by atoms with van der Waals surface area (Å²) in [6.45, 7) is 4.54. The minimum absolute atomic E-state index is 0.756. The first kappa shape index (κ1) is 5.97. The van der Waals surface area contributed by atoms with Gasteiger partial charge < -0.3 is 9.64 Å². The van der Waals surface area contributed by atoms with E-state index in [-0.39, 0.29) is 0 Å². The number of aliphatic imine (C=N–C) groups is 1. The average molecular weight is 141 g/mol. The van der Waals surface area contributed by atoms with Crippen molar-refractivity contribution in [1.82, 2.24) is 10.2 Å². The second-order valence-electron chi connectivity index (χ2n) is 2.43. The quantitative estimate of drug-likeness (QED) is 0.481. The molecule has 10 heavy (non-hydrogen) atoms. The summed E-state index contributed by atoms with van der Waals surface area (Å²) < 4.78 is 5.27. The highest BCUT2D eigenvalue weighted by Gasteiger charge is 2.19. The predicted molar refractivity (Wildman–Crippen MR) is 37.8 cm³/mol. The fourth-order valence-electron chi connectivity index (χ4n) is 1.19. The fraction of sp³-hybridized carbons (Fsp3) is 0.833. The van der Waals surface area contributed by atoms with Crippen LogP contribution < -0.4 is 5.32 Å². The van der Waals surface area contributed by atoms with Crippen LogP contribution in [0.4, 0.5) is 0 Å². The van der Waals surface area contributed by atoms with Gasteiger partial charge in [-0.05, 0) is 0 Å². The number of hydrogen-bond donors (Lipinski definition) is 1. The average Bonchev–Trinajstić information content (AvgIpc) is 2.59. The molecular formula is C6H11N3O. The van der Waals surface area contributed by atoms with Gasteiger partial charge in [-0.1, -0.05) is 0 Å². The molecule has 0 aromatic carbocycles. The van der Waals surface area contributed by atoms with Crippen molar-refractivity contribution in [1.29, 1.82) is 0 Å². The third kappa shape index (κ3) is 0.945. The van der Waals surface area contributed by atoms with E-state index in [1.54, 1.807) is 0 Å². The largest absolute Gasteiger partial charge is 0.463 e. The summed E-state index contributed by atoms with van der Waals surface area (Å²) in [4.78, 5) is 6.32. The van der Waals surface area contributed by atoms with E-state index in [1.165, 1.54) is 0 Å². The van der Waals surface area contributed by atoms with Crippen molar-refractivity contribution >= 4 is 6.02 Å². The summed E-state index contributed by atoms with van der Waals surface area (Å²) in [5, 5.41) is 3.21. The maximum absolute atomic E-state index is 5.27. The second-order valence-corrected chi connectivity index (χ2v) is 2.43. The van der Waals surface area contributed by atoms with Crippen molar-refractivity contribution in [2.45, 2.75) is 0 Å². The zero-order valence-corrected chi connectivity index (χ0v) is 5.84. The van der Waals surface area contributed by atoms with Gasteiger partial charge in [0, 0.05) is 13.1 Å². The number of amidine groups is 1. The molecule has 0 saturated carbocycles. The Balaban J connectivity index is 1.97. The van der Waals surface area contributed by atoms with Crippen LogP contribution in [-0.2, 0) is 4.74 Å². The molecule has 0 aromatic heterocycles. The summed E-state index contributed by atoms with van der Waals surface area (Å²) in [5.74, 6) is 0. The van der Waals surface area contributed by atoms with E-state index in [9.17, 15) is 0 Å². The SMILES string of the molecule is C1COC(N2CCNC2)=N1. The minimum atomic E-state index is 0.756. The van der Waals surface area contributed by atoms with Crippen LogP contribution in [0.5, 0.6) is 0 Å². The lowest BCUT2D eigenvalue weighted by Crippen LogP contribution is -2.29. The van der Waals surface area contributed by atoms with Gasteiger partial charge in [-0.25, -0.2) is 4.99 Å². The number of rotatable bonds is 0. The van der Waals surface area contributed by atoms with Gasteiger partial charge in [0.25, 0.3) is 6.02 Å². The Hall–Kier alpha value is -0.770. The van der Waals surface area contributed by atoms with E-state index in [0.29, 0.717) is 0 Å². The van der Waals surface area contributed by atoms with Crippen LogP contribution in [0.1, 0.15) is 0 Å². The van der Waals surface area contributed by atoms with Gasteiger partial charge in [0.2, 0.25) is 0 Å². The molecular weight excluding hydrogens is 130 g/mol. The van der Waals surface area contributed by atoms with E-state index in [0.717, 1.165) is 38.9 Å². The van der Waals surface area contributed by atoms with Crippen LogP contribution in [0.15, 0.2) is 4.99 Å². The Bertz CT molecular complexity index is 151. The van der Waals surface area contributed by atoms with Gasteiger partial charge in [0.05, 0.1) is 13.2 Å². The van der Waals surface area contributed by atoms with E-state index in [4.69, 9.17) is 4.74 Å². The van der Waals surface area contributed by atoms with Gasteiger partial charge in [-0.2, -0.15) is 0 Å². The summed E-state index contributed by atoms with van der Waals surface area (Å²) in [5.41, 5.74) is 0. The standard InChI is InChI=1S/C6H11N3O/c1-3-9(5-7-1)6-8-2-4-10-6/h7H,1-5H2. The lowest BCUT2D eigenvalue weighted by atomic mass is 10.6. The first-order valence-electron chi connectivity index (χ1n) is 3.60. The Labute approximate surface area is 59.9 Å². The van der Waals surface area contributed by atoms with Crippen LogP contribution >= 0.6 is 0 Å². The van der Waals surface area contributed by atoms with E-state index < -0.39 is 0 Å². The smallest absolute Gasteiger partial charge is 0.288 e. The summed E-state index contributed by atoms with van der Waals surface area (Å²) in [7, 11) is 0. The first-order chi connectivity index (χ1) is 4.97. The molecule has 0 spiro atoms. The molecule has 2 rings (SSSR count). The van der Waals surface area contributed by atoms with Gasteiger partial charge in [0.1, 0.15) is 6.61 Å². The highest BCUT2D eigenvalue weighted by Crippen LogP contribution is 2.01. The lowest BCUT2D eigenvalue weighted by molar-refractivity contribution is 0.282. The number of nitrogens with one attached hydrogen (secondary N) is 1. The molecule has 2 aliphatic heterocycles. The summed E-state index contributed by atoms with van der Waals surface area (Å²) >= 11 is 0. The summed E-state index contributed by atoms with van der Waals surface area (Å²) in [6.07, 6.45) is 0. The summed E-state index contributed by atoms with van der Waals surface area (Å²) in [6, 6.07) is 0.824. The maximum atomic E-state index is 5.27. The van der Waals surface area contributed by atoms with Crippen molar-refractivity contribution in [3.05, 3.63) is 0 Å². The predicted octanol–water partition coefficient (Wildman–Crippen LogP) is -0.765. The van der Waals surface area contributed by atoms with Crippen molar-refractivity contribution in [2.24, 2.45) is 4.99 Å². The highest BCUT2D eigenvalue weighted by atomic mass is 16.5. The van der Waals surface area contributed by atoms with Crippen LogP contribution in [0.2, 0.25) is 0 Å². The molecule has 0 amide bonds. The Morgan fingerprint density at radius 1 is 1.60 bits per heavy atom. The number of nitrogens with zero attached hydrogens (tertiary/aromatic N) is 2. The van der Waals surface area contributed by atoms with Crippen molar-refractivity contribution < 1.29 is 4.74 Å². The molecule has 4 nitrogen and oxygen atoms in total. The molecule has 1 N–H and O–H groups in total. The van der Waals surface area contributed by atoms with Crippen LogP contribution in [0, 0.1) is 0 Å². The molecule has 1 fully saturated rings. The molecule has 2 heterocycles. The van der Waals surface area contributed by atoms with E-state index in [2.05, 4.69) is 15.2 Å². The molecule has 0 aromatic rings. The van der Waals surface area contributed by atoms with Crippen LogP contribution in [0.25, 0.3) is 0 Å². The Morgan fingerprint density at radius 3 is 3.20 bits per heavy atom. The number of hydrogen-bond acceptors (Lipinski definition) is 4.